The van der Waals surface area contributed by atoms with E-state index in [-0.39, 0.29) is 25.7 Å². The van der Waals surface area contributed by atoms with Gasteiger partial charge < -0.3 is 33.8 Å². The van der Waals surface area contributed by atoms with E-state index in [0.29, 0.717) is 31.6 Å². The van der Waals surface area contributed by atoms with Gasteiger partial charge in [0.05, 0.1) is 26.4 Å². The maximum atomic E-state index is 13.1. The van der Waals surface area contributed by atoms with Crippen LogP contribution in [0.1, 0.15) is 409 Å². The Bertz CT molecular complexity index is 1940. The van der Waals surface area contributed by atoms with Crippen LogP contribution in [0, 0.1) is 23.7 Å². The molecule has 0 spiro atoms. The fourth-order valence-corrected chi connectivity index (χ4v) is 13.8. The summed E-state index contributed by atoms with van der Waals surface area (Å²) in [7, 11) is -9.92. The topological polar surface area (TPSA) is 237 Å². The summed E-state index contributed by atoms with van der Waals surface area (Å²) in [6.45, 7) is 14.2. The number of hydrogen-bond donors (Lipinski definition) is 3. The van der Waals surface area contributed by atoms with Crippen molar-refractivity contribution in [1.82, 2.24) is 0 Å². The predicted octanol–water partition coefficient (Wildman–Crippen LogP) is 23.6. The van der Waals surface area contributed by atoms with E-state index in [4.69, 9.17) is 37.0 Å². The van der Waals surface area contributed by atoms with Crippen LogP contribution >= 0.6 is 15.6 Å². The van der Waals surface area contributed by atoms with Gasteiger partial charge in [0, 0.05) is 25.7 Å². The van der Waals surface area contributed by atoms with Gasteiger partial charge in [-0.25, -0.2) is 9.13 Å². The standard InChI is InChI=1S/C80H156O17P2/c1-9-72(7)58-50-42-34-28-24-20-15-13-11-12-14-16-21-25-29-35-46-54-63-80(85)97-76(67-91-78(83)61-53-45-39-38-43-51-59-73(8)10-2)69-95-99(88,89)93-65-74(81)64-92-98(86,87)94-68-75(66-90-77(82)60-52-44-37-31-33-41-49-57-71(5)6)96-79(84)62-55-47-36-30-26-22-18-17-19-23-27-32-40-48-56-70(3)4/h70-76,81H,9-69H2,1-8H3,(H,86,87)(H,88,89)/t72?,73?,74?,75-,76-/m1/s1. The highest BCUT2D eigenvalue weighted by Gasteiger charge is 2.30. The number of carbonyl (C=O) groups is 4. The Morgan fingerprint density at radius 1 is 0.283 bits per heavy atom. The molecule has 0 aromatic carbocycles. The first-order valence-corrected chi connectivity index (χ1v) is 44.3. The number of phosphoric ester groups is 2. The van der Waals surface area contributed by atoms with Crippen LogP contribution in [0.15, 0.2) is 0 Å². The highest BCUT2D eigenvalue weighted by molar-refractivity contribution is 7.47. The molecule has 3 N–H and O–H groups in total. The Balaban J connectivity index is 5.17. The molecule has 99 heavy (non-hydrogen) atoms. The number of esters is 4. The fourth-order valence-electron chi connectivity index (χ4n) is 12.2. The van der Waals surface area contributed by atoms with Crippen molar-refractivity contribution < 1.29 is 80.2 Å². The molecule has 5 unspecified atom stereocenters. The molecule has 588 valence electrons. The Morgan fingerprint density at radius 3 is 0.717 bits per heavy atom. The molecule has 0 radical (unpaired) electrons. The van der Waals surface area contributed by atoms with Gasteiger partial charge in [-0.15, -0.1) is 0 Å². The van der Waals surface area contributed by atoms with E-state index < -0.39 is 97.5 Å². The minimum atomic E-state index is -4.96. The van der Waals surface area contributed by atoms with Gasteiger partial charge in [0.1, 0.15) is 19.3 Å². The highest BCUT2D eigenvalue weighted by atomic mass is 31.2. The highest BCUT2D eigenvalue weighted by Crippen LogP contribution is 2.45. The maximum Gasteiger partial charge on any atom is 0.472 e. The maximum absolute atomic E-state index is 13.1. The molecule has 0 bridgehead atoms. The van der Waals surface area contributed by atoms with E-state index in [1.807, 2.05) is 0 Å². The molecular formula is C80H156O17P2. The van der Waals surface area contributed by atoms with Gasteiger partial charge in [0.25, 0.3) is 0 Å². The Hall–Kier alpha value is -1.94. The lowest BCUT2D eigenvalue weighted by molar-refractivity contribution is -0.161. The van der Waals surface area contributed by atoms with Gasteiger partial charge in [0.2, 0.25) is 0 Å². The molecule has 0 heterocycles. The number of aliphatic hydroxyl groups is 1. The minimum absolute atomic E-state index is 0.106. The normalized spacial score (nSPS) is 14.6. The average molecular weight is 1450 g/mol. The van der Waals surface area contributed by atoms with E-state index in [9.17, 15) is 43.2 Å². The van der Waals surface area contributed by atoms with Crippen molar-refractivity contribution in [3.05, 3.63) is 0 Å². The Labute approximate surface area is 607 Å². The lowest BCUT2D eigenvalue weighted by Crippen LogP contribution is -2.30. The van der Waals surface area contributed by atoms with E-state index in [0.717, 1.165) is 120 Å². The second-order valence-electron chi connectivity index (χ2n) is 30.2. The van der Waals surface area contributed by atoms with Crippen molar-refractivity contribution >= 4 is 39.5 Å². The summed E-state index contributed by atoms with van der Waals surface area (Å²) in [6.07, 6.45) is 55.7. The average Bonchev–Trinajstić information content (AvgIpc) is 1.03. The summed E-state index contributed by atoms with van der Waals surface area (Å²) in [5, 5.41) is 10.6. The summed E-state index contributed by atoms with van der Waals surface area (Å²) in [5.74, 6) is 0.983. The van der Waals surface area contributed by atoms with Gasteiger partial charge in [-0.3, -0.25) is 37.3 Å². The summed E-state index contributed by atoms with van der Waals surface area (Å²) in [4.78, 5) is 72.9. The van der Waals surface area contributed by atoms with Gasteiger partial charge in [0.15, 0.2) is 12.2 Å². The minimum Gasteiger partial charge on any atom is -0.462 e. The van der Waals surface area contributed by atoms with Crippen LogP contribution in [-0.2, 0) is 65.4 Å². The molecule has 19 heteroatoms. The summed E-state index contributed by atoms with van der Waals surface area (Å²) < 4.78 is 68.6. The van der Waals surface area contributed by atoms with Gasteiger partial charge in [-0.1, -0.05) is 357 Å². The third-order valence-electron chi connectivity index (χ3n) is 19.3. The van der Waals surface area contributed by atoms with Crippen LogP contribution in [0.2, 0.25) is 0 Å². The van der Waals surface area contributed by atoms with Crippen molar-refractivity contribution in [1.29, 1.82) is 0 Å². The largest absolute Gasteiger partial charge is 0.472 e. The van der Waals surface area contributed by atoms with E-state index in [1.165, 1.54) is 199 Å². The molecule has 0 aliphatic rings. The number of unbranched alkanes of at least 4 members (excludes halogenated alkanes) is 41. The first kappa shape index (κ1) is 97.1. The van der Waals surface area contributed by atoms with Crippen LogP contribution in [0.25, 0.3) is 0 Å². The zero-order valence-electron chi connectivity index (χ0n) is 65.1. The Kier molecular flexibility index (Phi) is 67.8. The fraction of sp³-hybridized carbons (Fsp3) is 0.950. The zero-order valence-corrected chi connectivity index (χ0v) is 66.9. The van der Waals surface area contributed by atoms with Gasteiger partial charge in [-0.2, -0.15) is 0 Å². The quantitative estimate of drug-likeness (QED) is 0.0222. The first-order valence-electron chi connectivity index (χ1n) is 41.3. The van der Waals surface area contributed by atoms with E-state index in [2.05, 4.69) is 55.4 Å². The number of hydrogen-bond acceptors (Lipinski definition) is 15. The third kappa shape index (κ3) is 71.5. The Morgan fingerprint density at radius 2 is 0.485 bits per heavy atom. The molecule has 0 aliphatic carbocycles. The summed E-state index contributed by atoms with van der Waals surface area (Å²) >= 11 is 0. The second-order valence-corrected chi connectivity index (χ2v) is 33.1. The first-order chi connectivity index (χ1) is 47.7. The van der Waals surface area contributed by atoms with Crippen LogP contribution in [0.5, 0.6) is 0 Å². The number of aliphatic hydroxyl groups excluding tert-OH is 1. The summed E-state index contributed by atoms with van der Waals surface area (Å²) in [6, 6.07) is 0. The van der Waals surface area contributed by atoms with Crippen molar-refractivity contribution in [2.45, 2.75) is 427 Å². The monoisotopic (exact) mass is 1450 g/mol. The number of rotatable bonds is 77. The molecule has 0 rings (SSSR count). The molecular weight excluding hydrogens is 1290 g/mol. The molecule has 0 amide bonds. The zero-order chi connectivity index (χ0) is 73.1. The van der Waals surface area contributed by atoms with E-state index in [1.54, 1.807) is 0 Å². The van der Waals surface area contributed by atoms with Crippen LogP contribution in [0.3, 0.4) is 0 Å². The molecule has 0 aromatic rings. The van der Waals surface area contributed by atoms with Crippen molar-refractivity contribution in [2.24, 2.45) is 23.7 Å². The molecule has 7 atom stereocenters. The third-order valence-corrected chi connectivity index (χ3v) is 21.2. The lowest BCUT2D eigenvalue weighted by Gasteiger charge is -2.21. The van der Waals surface area contributed by atoms with Gasteiger partial charge in [-0.05, 0) is 49.4 Å². The number of phosphoric acid groups is 2. The lowest BCUT2D eigenvalue weighted by atomic mass is 9.99. The SMILES string of the molecule is CCC(C)CCCCCCCCCCCCCCCCCCCCC(=O)O[C@H](COC(=O)CCCCCCCCC(C)CC)COP(=O)(O)OCC(O)COP(=O)(O)OC[C@@H](COC(=O)CCCCCCCCCC(C)C)OC(=O)CCCCCCCCCCCCCCCCC(C)C. The molecule has 0 saturated carbocycles. The number of ether oxygens (including phenoxy) is 4. The second kappa shape index (κ2) is 69.1. The van der Waals surface area contributed by atoms with Crippen molar-refractivity contribution in [3.8, 4) is 0 Å². The predicted molar refractivity (Wildman–Crippen MR) is 404 cm³/mol. The van der Waals surface area contributed by atoms with Gasteiger partial charge >= 0.3 is 39.5 Å². The molecule has 0 aliphatic heterocycles. The molecule has 17 nitrogen and oxygen atoms in total. The molecule has 0 fully saturated rings. The number of carbonyl (C=O) groups excluding carboxylic acids is 4. The molecule has 0 saturated heterocycles. The smallest absolute Gasteiger partial charge is 0.462 e. The van der Waals surface area contributed by atoms with Crippen LogP contribution in [0.4, 0.5) is 0 Å². The van der Waals surface area contributed by atoms with Crippen molar-refractivity contribution in [3.63, 3.8) is 0 Å². The van der Waals surface area contributed by atoms with Crippen LogP contribution in [-0.4, -0.2) is 96.7 Å². The summed E-state index contributed by atoms with van der Waals surface area (Å²) in [5.41, 5.74) is 0. The van der Waals surface area contributed by atoms with Crippen molar-refractivity contribution in [2.75, 3.05) is 39.6 Å². The molecule has 0 aromatic heterocycles. The van der Waals surface area contributed by atoms with E-state index >= 15 is 0 Å². The van der Waals surface area contributed by atoms with Crippen LogP contribution < -0.4 is 0 Å².